The van der Waals surface area contributed by atoms with Gasteiger partial charge in [0, 0.05) is 10.7 Å². The zero-order chi connectivity index (χ0) is 23.5. The van der Waals surface area contributed by atoms with Gasteiger partial charge in [-0.05, 0) is 64.8 Å². The number of carbonyl (C=O) groups excluding carboxylic acids is 3. The second kappa shape index (κ2) is 12.7. The number of hydrazone groups is 1. The summed E-state index contributed by atoms with van der Waals surface area (Å²) in [4.78, 5) is 35.2. The van der Waals surface area contributed by atoms with Crippen LogP contribution in [0.3, 0.4) is 0 Å². The van der Waals surface area contributed by atoms with Gasteiger partial charge in [0.05, 0.1) is 24.4 Å². The van der Waals surface area contributed by atoms with E-state index in [9.17, 15) is 14.4 Å². The van der Waals surface area contributed by atoms with E-state index in [0.717, 1.165) is 0 Å². The topological polar surface area (TPSA) is 115 Å². The number of carbonyl (C=O) groups is 3. The number of halogens is 2. The molecule has 2 rings (SSSR count). The Kier molecular flexibility index (Phi) is 9.96. The number of methoxy groups -OCH3 is 1. The zero-order valence-corrected chi connectivity index (χ0v) is 19.7. The van der Waals surface area contributed by atoms with Crippen molar-refractivity contribution in [2.24, 2.45) is 5.10 Å². The van der Waals surface area contributed by atoms with E-state index in [0.29, 0.717) is 38.9 Å². The molecule has 2 aromatic carbocycles. The molecule has 0 aliphatic rings. The van der Waals surface area contributed by atoms with E-state index in [1.807, 2.05) is 0 Å². The van der Waals surface area contributed by atoms with E-state index >= 15 is 0 Å². The molecule has 2 N–H and O–H groups in total. The summed E-state index contributed by atoms with van der Waals surface area (Å²) in [6, 6.07) is 9.80. The molecule has 0 atom stereocenters. The number of anilines is 1. The Morgan fingerprint density at radius 1 is 1.12 bits per heavy atom. The third-order valence-corrected chi connectivity index (χ3v) is 4.59. The number of nitrogens with one attached hydrogen (secondary N) is 2. The SMILES string of the molecule is CCOc1cc(C=NNC(=O)CC(=O)Nc2ccc(Cl)cc2)cc(Br)c1OCC(=O)OC. The van der Waals surface area contributed by atoms with Crippen molar-refractivity contribution >= 4 is 57.2 Å². The fraction of sp³-hybridized carbons (Fsp3) is 0.238. The maximum Gasteiger partial charge on any atom is 0.343 e. The summed E-state index contributed by atoms with van der Waals surface area (Å²) in [5.41, 5.74) is 3.40. The predicted octanol–water partition coefficient (Wildman–Crippen LogP) is 3.53. The lowest BCUT2D eigenvalue weighted by Gasteiger charge is -2.13. The Labute approximate surface area is 198 Å². The molecule has 0 heterocycles. The van der Waals surface area contributed by atoms with E-state index in [1.54, 1.807) is 43.3 Å². The molecule has 0 spiro atoms. The normalized spacial score (nSPS) is 10.5. The van der Waals surface area contributed by atoms with Gasteiger partial charge in [-0.25, -0.2) is 10.2 Å². The summed E-state index contributed by atoms with van der Waals surface area (Å²) in [7, 11) is 1.26. The molecule has 0 aromatic heterocycles. The maximum atomic E-state index is 12.0. The first-order valence-corrected chi connectivity index (χ1v) is 10.5. The van der Waals surface area contributed by atoms with Gasteiger partial charge in [-0.15, -0.1) is 0 Å². The average molecular weight is 527 g/mol. The van der Waals surface area contributed by atoms with Crippen molar-refractivity contribution in [2.75, 3.05) is 25.6 Å². The van der Waals surface area contributed by atoms with Crippen LogP contribution in [0.1, 0.15) is 18.9 Å². The molecule has 0 saturated carbocycles. The standard InChI is InChI=1S/C21H21BrClN3O6/c1-3-31-17-9-13(8-16(22)21(17)32-12-20(29)30-2)11-24-26-19(28)10-18(27)25-15-6-4-14(23)5-7-15/h4-9,11H,3,10,12H2,1-2H3,(H,25,27)(H,26,28). The van der Waals surface area contributed by atoms with Crippen molar-refractivity contribution in [3.8, 4) is 11.5 Å². The van der Waals surface area contributed by atoms with Gasteiger partial charge in [-0.3, -0.25) is 9.59 Å². The highest BCUT2D eigenvalue weighted by molar-refractivity contribution is 9.10. The number of amides is 2. The van der Waals surface area contributed by atoms with Gasteiger partial charge in [0.25, 0.3) is 0 Å². The Morgan fingerprint density at radius 3 is 2.50 bits per heavy atom. The number of hydrogen-bond donors (Lipinski definition) is 2. The van der Waals surface area contributed by atoms with Gasteiger partial charge in [0.15, 0.2) is 18.1 Å². The molecule has 0 radical (unpaired) electrons. The van der Waals surface area contributed by atoms with Crippen LogP contribution in [-0.4, -0.2) is 44.3 Å². The minimum Gasteiger partial charge on any atom is -0.490 e. The lowest BCUT2D eigenvalue weighted by atomic mass is 10.2. The van der Waals surface area contributed by atoms with Gasteiger partial charge in [0.2, 0.25) is 11.8 Å². The van der Waals surface area contributed by atoms with Crippen molar-refractivity contribution in [3.05, 3.63) is 51.5 Å². The van der Waals surface area contributed by atoms with Crippen LogP contribution in [0, 0.1) is 0 Å². The molecule has 0 bridgehead atoms. The maximum absolute atomic E-state index is 12.0. The first-order chi connectivity index (χ1) is 15.3. The summed E-state index contributed by atoms with van der Waals surface area (Å²) in [6.45, 7) is 1.88. The van der Waals surface area contributed by atoms with Gasteiger partial charge >= 0.3 is 5.97 Å². The van der Waals surface area contributed by atoms with Crippen LogP contribution in [0.2, 0.25) is 5.02 Å². The van der Waals surface area contributed by atoms with Crippen LogP contribution in [0.4, 0.5) is 5.69 Å². The second-order valence-corrected chi connectivity index (χ2v) is 7.44. The van der Waals surface area contributed by atoms with Gasteiger partial charge < -0.3 is 19.5 Å². The molecule has 0 unspecified atom stereocenters. The fourth-order valence-corrected chi connectivity index (χ4v) is 3.06. The quantitative estimate of drug-likeness (QED) is 0.212. The number of esters is 1. The molecule has 0 fully saturated rings. The number of rotatable bonds is 10. The second-order valence-electron chi connectivity index (χ2n) is 6.15. The number of benzene rings is 2. The van der Waals surface area contributed by atoms with Crippen LogP contribution < -0.4 is 20.2 Å². The van der Waals surface area contributed by atoms with Crippen LogP contribution in [-0.2, 0) is 19.1 Å². The molecule has 0 saturated heterocycles. The smallest absolute Gasteiger partial charge is 0.343 e. The first-order valence-electron chi connectivity index (χ1n) is 9.35. The van der Waals surface area contributed by atoms with E-state index < -0.39 is 24.2 Å². The molecular weight excluding hydrogens is 506 g/mol. The molecule has 11 heteroatoms. The zero-order valence-electron chi connectivity index (χ0n) is 17.3. The number of ether oxygens (including phenoxy) is 3. The third-order valence-electron chi connectivity index (χ3n) is 3.75. The van der Waals surface area contributed by atoms with Crippen molar-refractivity contribution in [2.45, 2.75) is 13.3 Å². The van der Waals surface area contributed by atoms with Crippen LogP contribution >= 0.6 is 27.5 Å². The lowest BCUT2D eigenvalue weighted by Crippen LogP contribution is -2.24. The minimum atomic E-state index is -0.588. The van der Waals surface area contributed by atoms with Crippen LogP contribution in [0.25, 0.3) is 0 Å². The monoisotopic (exact) mass is 525 g/mol. The fourth-order valence-electron chi connectivity index (χ4n) is 2.36. The molecule has 2 aromatic rings. The van der Waals surface area contributed by atoms with Gasteiger partial charge in [-0.2, -0.15) is 5.10 Å². The first kappa shape index (κ1) is 25.2. The highest BCUT2D eigenvalue weighted by Crippen LogP contribution is 2.36. The van der Waals surface area contributed by atoms with Gasteiger partial charge in [0.1, 0.15) is 6.42 Å². The summed E-state index contributed by atoms with van der Waals surface area (Å²) in [5.74, 6) is -0.908. The number of nitrogens with zero attached hydrogens (tertiary/aromatic N) is 1. The Balaban J connectivity index is 1.96. The van der Waals surface area contributed by atoms with E-state index in [-0.39, 0.29) is 6.61 Å². The van der Waals surface area contributed by atoms with Gasteiger partial charge in [-0.1, -0.05) is 11.6 Å². The van der Waals surface area contributed by atoms with Crippen molar-refractivity contribution in [1.29, 1.82) is 0 Å². The molecule has 32 heavy (non-hydrogen) atoms. The van der Waals surface area contributed by atoms with E-state index in [2.05, 4.69) is 36.5 Å². The predicted molar refractivity (Wildman–Crippen MR) is 123 cm³/mol. The highest BCUT2D eigenvalue weighted by atomic mass is 79.9. The lowest BCUT2D eigenvalue weighted by molar-refractivity contribution is -0.143. The molecule has 170 valence electrons. The van der Waals surface area contributed by atoms with Crippen molar-refractivity contribution in [1.82, 2.24) is 5.43 Å². The minimum absolute atomic E-state index is 0.281. The Hall–Kier alpha value is -3.11. The summed E-state index contributed by atoms with van der Waals surface area (Å²) in [6.07, 6.45) is 0.973. The highest BCUT2D eigenvalue weighted by Gasteiger charge is 2.14. The third kappa shape index (κ3) is 8.20. The molecule has 0 aliphatic carbocycles. The Morgan fingerprint density at radius 2 is 1.84 bits per heavy atom. The largest absolute Gasteiger partial charge is 0.490 e. The number of hydrogen-bond acceptors (Lipinski definition) is 7. The van der Waals surface area contributed by atoms with Crippen LogP contribution in [0.15, 0.2) is 46.0 Å². The molecule has 9 nitrogen and oxygen atoms in total. The average Bonchev–Trinajstić information content (AvgIpc) is 2.74. The summed E-state index contributed by atoms with van der Waals surface area (Å²) in [5, 5.41) is 6.99. The molecular formula is C21H21BrClN3O6. The van der Waals surface area contributed by atoms with Crippen LogP contribution in [0.5, 0.6) is 11.5 Å². The van der Waals surface area contributed by atoms with E-state index in [4.69, 9.17) is 21.1 Å². The Bertz CT molecular complexity index is 998. The van der Waals surface area contributed by atoms with Crippen molar-refractivity contribution in [3.63, 3.8) is 0 Å². The molecule has 2 amide bonds. The summed E-state index contributed by atoms with van der Waals surface area (Å²) < 4.78 is 16.1. The summed E-state index contributed by atoms with van der Waals surface area (Å²) >= 11 is 9.15. The molecule has 0 aliphatic heterocycles. The van der Waals surface area contributed by atoms with E-state index in [1.165, 1.54) is 13.3 Å². The van der Waals surface area contributed by atoms with Crippen molar-refractivity contribution < 1.29 is 28.6 Å².